The van der Waals surface area contributed by atoms with Crippen LogP contribution in [0.1, 0.15) is 11.1 Å². The summed E-state index contributed by atoms with van der Waals surface area (Å²) >= 11 is 0. The molecule has 0 fully saturated rings. The lowest BCUT2D eigenvalue weighted by molar-refractivity contribution is 0.323. The van der Waals surface area contributed by atoms with Gasteiger partial charge in [-0.25, -0.2) is 0 Å². The number of benzene rings is 2. The zero-order chi connectivity index (χ0) is 38.6. The normalized spacial score (nSPS) is 14.5. The summed E-state index contributed by atoms with van der Waals surface area (Å²) in [7, 11) is -15.0. The molecule has 0 N–H and O–H groups in total. The molecular formula is C35H74O6Si8. The van der Waals surface area contributed by atoms with Crippen molar-refractivity contribution in [3.05, 3.63) is 78.4 Å². The number of hydrogen-bond donors (Lipinski definition) is 0. The van der Waals surface area contributed by atoms with Crippen molar-refractivity contribution in [2.45, 2.75) is 137 Å². The first kappa shape index (κ1) is 48.7. The third kappa shape index (κ3) is 27.9. The molecule has 0 radical (unpaired) electrons. The lowest BCUT2D eigenvalue weighted by atomic mass is 10.2. The van der Waals surface area contributed by atoms with E-state index in [2.05, 4.69) is 161 Å². The molecule has 1 unspecified atom stereocenters. The number of aryl methyl sites for hydroxylation is 1. The van der Waals surface area contributed by atoms with Crippen LogP contribution in [0.5, 0.6) is 0 Å². The van der Waals surface area contributed by atoms with Crippen LogP contribution in [-0.2, 0) is 31.1 Å². The van der Waals surface area contributed by atoms with Gasteiger partial charge in [0.25, 0.3) is 0 Å². The van der Waals surface area contributed by atoms with Gasteiger partial charge in [-0.05, 0) is 148 Å². The van der Waals surface area contributed by atoms with Gasteiger partial charge in [-0.2, -0.15) is 0 Å². The lowest BCUT2D eigenvalue weighted by Gasteiger charge is -2.41. The van der Waals surface area contributed by atoms with Crippen molar-refractivity contribution in [2.75, 3.05) is 0 Å². The molecule has 2 rings (SSSR count). The standard InChI is InChI=1S/C17H36O3Si4.C10H30O3Si4.C8H8/c1-21(2,3)18-23(7,8)20-24(9,19-22(4,5)6)16-15-17-13-11-10-12-14-17;1-14(2,3)11-16(7,8)13-17(9,10)12-15(4,5)6;1-2-8-6-4-3-5-7-8/h10-14H,15-16H2,1-9H3;1-10H3;2-7H,1H2. The average molecular weight is 816 g/mol. The molecule has 0 heterocycles. The minimum Gasteiger partial charge on any atom is -0.437 e. The molecule has 0 bridgehead atoms. The monoisotopic (exact) mass is 814 g/mol. The lowest BCUT2D eigenvalue weighted by Crippen LogP contribution is -2.57. The minimum absolute atomic E-state index is 0.979. The predicted octanol–water partition coefficient (Wildman–Crippen LogP) is 12.2. The van der Waals surface area contributed by atoms with Crippen molar-refractivity contribution in [3.8, 4) is 0 Å². The third-order valence-electron chi connectivity index (χ3n) is 5.88. The van der Waals surface area contributed by atoms with E-state index in [4.69, 9.17) is 24.7 Å². The van der Waals surface area contributed by atoms with Crippen molar-refractivity contribution in [2.24, 2.45) is 0 Å². The molecule has 0 saturated heterocycles. The van der Waals surface area contributed by atoms with Crippen LogP contribution in [-0.4, -0.2) is 67.5 Å². The van der Waals surface area contributed by atoms with E-state index in [-0.39, 0.29) is 0 Å². The van der Waals surface area contributed by atoms with Crippen LogP contribution in [0.2, 0.25) is 130 Å². The number of rotatable bonds is 16. The van der Waals surface area contributed by atoms with Gasteiger partial charge >= 0.3 is 34.2 Å². The second-order valence-corrected chi connectivity index (χ2v) is 51.0. The highest BCUT2D eigenvalue weighted by Crippen LogP contribution is 2.28. The van der Waals surface area contributed by atoms with Crippen LogP contribution < -0.4 is 0 Å². The molecular weight excluding hydrogens is 741 g/mol. The fourth-order valence-corrected chi connectivity index (χ4v) is 41.3. The second-order valence-electron chi connectivity index (χ2n) is 18.0. The van der Waals surface area contributed by atoms with E-state index < -0.39 is 67.5 Å². The Morgan fingerprint density at radius 3 is 1.06 bits per heavy atom. The largest absolute Gasteiger partial charge is 0.437 e. The molecule has 0 amide bonds. The molecule has 282 valence electrons. The van der Waals surface area contributed by atoms with Gasteiger partial charge in [-0.1, -0.05) is 73.3 Å². The van der Waals surface area contributed by atoms with Crippen LogP contribution in [0.25, 0.3) is 6.08 Å². The zero-order valence-electron chi connectivity index (χ0n) is 34.9. The maximum atomic E-state index is 6.70. The van der Waals surface area contributed by atoms with Crippen LogP contribution in [0.3, 0.4) is 0 Å². The maximum Gasteiger partial charge on any atom is 0.316 e. The van der Waals surface area contributed by atoms with Crippen LogP contribution in [0, 0.1) is 0 Å². The minimum atomic E-state index is -2.28. The van der Waals surface area contributed by atoms with Crippen LogP contribution in [0.4, 0.5) is 0 Å². The van der Waals surface area contributed by atoms with Crippen LogP contribution in [0.15, 0.2) is 67.2 Å². The summed E-state index contributed by atoms with van der Waals surface area (Å²) in [6.45, 7) is 45.4. The second kappa shape index (κ2) is 19.7. The van der Waals surface area contributed by atoms with Crippen molar-refractivity contribution in [3.63, 3.8) is 0 Å². The SMILES string of the molecule is C=Cc1ccccc1.C[Si](C)(C)O[Si](C)(C)O[Si](C)(C)O[Si](C)(C)C.C[Si](C)(C)O[Si](C)(C)O[Si](C)(CCc1ccccc1)O[Si](C)(C)C. The van der Waals surface area contributed by atoms with E-state index in [0.717, 1.165) is 12.5 Å². The molecule has 49 heavy (non-hydrogen) atoms. The molecule has 0 aliphatic carbocycles. The van der Waals surface area contributed by atoms with E-state index in [1.54, 1.807) is 0 Å². The Morgan fingerprint density at radius 2 is 0.755 bits per heavy atom. The van der Waals surface area contributed by atoms with Gasteiger partial charge in [0.15, 0.2) is 33.3 Å². The Bertz CT molecular complexity index is 1190. The summed E-state index contributed by atoms with van der Waals surface area (Å²) in [6, 6.07) is 21.6. The van der Waals surface area contributed by atoms with Gasteiger partial charge in [-0.3, -0.25) is 0 Å². The summed E-state index contributed by atoms with van der Waals surface area (Å²) in [5.41, 5.74) is 2.53. The first-order valence-corrected chi connectivity index (χ1v) is 42.3. The van der Waals surface area contributed by atoms with Gasteiger partial charge in [0.1, 0.15) is 0 Å². The van der Waals surface area contributed by atoms with Gasteiger partial charge in [0.05, 0.1) is 0 Å². The topological polar surface area (TPSA) is 55.4 Å². The fraction of sp³-hybridized carbons (Fsp3) is 0.600. The molecule has 14 heteroatoms. The predicted molar refractivity (Wildman–Crippen MR) is 235 cm³/mol. The number of hydrogen-bond acceptors (Lipinski definition) is 6. The Hall–Kier alpha value is -0.325. The van der Waals surface area contributed by atoms with Crippen molar-refractivity contribution in [1.82, 2.24) is 0 Å². The highest BCUT2D eigenvalue weighted by molar-refractivity contribution is 6.90. The van der Waals surface area contributed by atoms with Crippen molar-refractivity contribution in [1.29, 1.82) is 0 Å². The molecule has 2 aromatic rings. The summed E-state index contributed by atoms with van der Waals surface area (Å²) in [5.74, 6) is 0. The molecule has 0 aromatic heterocycles. The molecule has 2 aromatic carbocycles. The molecule has 0 aliphatic rings. The first-order chi connectivity index (χ1) is 21.8. The summed E-state index contributed by atoms with van der Waals surface area (Å²) < 4.78 is 38.4. The fourth-order valence-electron chi connectivity index (χ4n) is 5.76. The Balaban J connectivity index is 0.000000794. The highest BCUT2D eigenvalue weighted by Gasteiger charge is 2.44. The molecule has 0 saturated carbocycles. The Morgan fingerprint density at radius 1 is 0.429 bits per heavy atom. The van der Waals surface area contributed by atoms with Crippen molar-refractivity contribution >= 4 is 73.6 Å². The summed E-state index contributed by atoms with van der Waals surface area (Å²) in [5, 5.41) is 0. The summed E-state index contributed by atoms with van der Waals surface area (Å²) in [6.07, 6.45) is 2.84. The van der Waals surface area contributed by atoms with E-state index in [1.807, 2.05) is 36.4 Å². The Labute approximate surface area is 311 Å². The Kier molecular flexibility index (Phi) is 19.5. The maximum absolute atomic E-state index is 6.70. The molecule has 0 spiro atoms. The highest BCUT2D eigenvalue weighted by atomic mass is 28.5. The van der Waals surface area contributed by atoms with E-state index >= 15 is 0 Å². The molecule has 1 atom stereocenters. The zero-order valence-corrected chi connectivity index (χ0v) is 42.9. The van der Waals surface area contributed by atoms with E-state index in [1.165, 1.54) is 11.1 Å². The van der Waals surface area contributed by atoms with E-state index in [0.29, 0.717) is 0 Å². The van der Waals surface area contributed by atoms with Gasteiger partial charge in [0.2, 0.25) is 0 Å². The first-order valence-electron chi connectivity index (χ1n) is 17.7. The van der Waals surface area contributed by atoms with Crippen molar-refractivity contribution < 1.29 is 24.7 Å². The summed E-state index contributed by atoms with van der Waals surface area (Å²) in [4.78, 5) is 0. The average Bonchev–Trinajstić information content (AvgIpc) is 2.82. The van der Waals surface area contributed by atoms with Crippen LogP contribution >= 0.6 is 0 Å². The quantitative estimate of drug-likeness (QED) is 0.157. The van der Waals surface area contributed by atoms with Gasteiger partial charge in [-0.15, -0.1) is 0 Å². The van der Waals surface area contributed by atoms with E-state index in [9.17, 15) is 0 Å². The molecule has 6 nitrogen and oxygen atoms in total. The smallest absolute Gasteiger partial charge is 0.316 e. The van der Waals surface area contributed by atoms with Gasteiger partial charge in [0, 0.05) is 0 Å². The molecule has 0 aliphatic heterocycles. The third-order valence-corrected chi connectivity index (χ3v) is 32.1. The van der Waals surface area contributed by atoms with Gasteiger partial charge < -0.3 is 24.7 Å².